The number of fused-ring (bicyclic) bond motifs is 1. The number of hydrazone groups is 1. The average Bonchev–Trinajstić information content (AvgIpc) is 3.45. The third-order valence-electron chi connectivity index (χ3n) is 6.20. The Bertz CT molecular complexity index is 1160. The minimum absolute atomic E-state index is 0.0898. The predicted octanol–water partition coefficient (Wildman–Crippen LogP) is 5.07. The van der Waals surface area contributed by atoms with Crippen molar-refractivity contribution in [3.63, 3.8) is 0 Å². The molecule has 7 nitrogen and oxygen atoms in total. The zero-order valence-electron chi connectivity index (χ0n) is 18.7. The average molecular weight is 462 g/mol. The van der Waals surface area contributed by atoms with E-state index in [4.69, 9.17) is 10.1 Å². The molecule has 3 heterocycles. The van der Waals surface area contributed by atoms with Gasteiger partial charge in [0.2, 0.25) is 5.17 Å². The van der Waals surface area contributed by atoms with Gasteiger partial charge in [-0.25, -0.2) is 0 Å². The molecule has 1 amide bonds. The van der Waals surface area contributed by atoms with Crippen LogP contribution in [0.4, 0.5) is 0 Å². The lowest BCUT2D eigenvalue weighted by Crippen LogP contribution is -2.35. The number of benzene rings is 1. The van der Waals surface area contributed by atoms with Crippen LogP contribution in [0.3, 0.4) is 0 Å². The molecule has 170 valence electrons. The highest BCUT2D eigenvalue weighted by Crippen LogP contribution is 2.36. The highest BCUT2D eigenvalue weighted by Gasteiger charge is 2.38. The van der Waals surface area contributed by atoms with E-state index in [0.717, 1.165) is 29.3 Å². The Hall–Kier alpha value is -3.13. The molecule has 1 aromatic carbocycles. The lowest BCUT2D eigenvalue weighted by molar-refractivity contribution is -0.114. The summed E-state index contributed by atoms with van der Waals surface area (Å²) in [4.78, 5) is 17.0. The molecule has 2 aliphatic heterocycles. The van der Waals surface area contributed by atoms with Crippen molar-refractivity contribution < 1.29 is 9.53 Å². The van der Waals surface area contributed by atoms with Crippen LogP contribution >= 0.6 is 11.8 Å². The zero-order chi connectivity index (χ0) is 22.8. The molecule has 8 heteroatoms. The first kappa shape index (κ1) is 21.7. The van der Waals surface area contributed by atoms with Crippen molar-refractivity contribution in [1.29, 1.82) is 5.41 Å². The molecule has 5 rings (SSSR count). The predicted molar refractivity (Wildman–Crippen MR) is 133 cm³/mol. The maximum absolute atomic E-state index is 12.8. The molecule has 0 saturated heterocycles. The zero-order valence-corrected chi connectivity index (χ0v) is 19.5. The fourth-order valence-corrected chi connectivity index (χ4v) is 5.39. The van der Waals surface area contributed by atoms with E-state index in [1.165, 1.54) is 41.6 Å². The SMILES string of the molecule is Cc1ccc(OCCn2cccc2C=C2C(=N)N3N=C(C4CCCCC4)SC3=NC2=O)cc1. The Balaban J connectivity index is 1.29. The van der Waals surface area contributed by atoms with E-state index < -0.39 is 0 Å². The second-order valence-electron chi connectivity index (χ2n) is 8.58. The number of nitrogens with one attached hydrogen (secondary N) is 1. The molecule has 1 N–H and O–H groups in total. The number of thioether (sulfide) groups is 1. The summed E-state index contributed by atoms with van der Waals surface area (Å²) < 4.78 is 7.86. The van der Waals surface area contributed by atoms with Crippen molar-refractivity contribution in [2.45, 2.75) is 45.6 Å². The Labute approximate surface area is 197 Å². The Kier molecular flexibility index (Phi) is 6.17. The van der Waals surface area contributed by atoms with Gasteiger partial charge in [0.15, 0.2) is 5.84 Å². The lowest BCUT2D eigenvalue weighted by Gasteiger charge is -2.20. The summed E-state index contributed by atoms with van der Waals surface area (Å²) >= 11 is 1.45. The number of amidine groups is 2. The molecule has 33 heavy (non-hydrogen) atoms. The lowest BCUT2D eigenvalue weighted by atomic mass is 9.90. The first-order valence-corrected chi connectivity index (χ1v) is 12.2. The maximum atomic E-state index is 12.8. The molecule has 3 aliphatic rings. The molecule has 0 radical (unpaired) electrons. The Morgan fingerprint density at radius 3 is 2.76 bits per heavy atom. The summed E-state index contributed by atoms with van der Waals surface area (Å²) in [6.45, 7) is 3.17. The first-order chi connectivity index (χ1) is 16.1. The van der Waals surface area contributed by atoms with E-state index in [2.05, 4.69) is 10.1 Å². The third kappa shape index (κ3) is 4.66. The highest BCUT2D eigenvalue weighted by atomic mass is 32.2. The monoisotopic (exact) mass is 461 g/mol. The smallest absolute Gasteiger partial charge is 0.283 e. The largest absolute Gasteiger partial charge is 0.492 e. The van der Waals surface area contributed by atoms with Gasteiger partial charge in [-0.15, -0.1) is 0 Å². The number of carbonyl (C=O) groups excluding carboxylic acids is 1. The molecule has 1 fully saturated rings. The van der Waals surface area contributed by atoms with Gasteiger partial charge in [0, 0.05) is 17.8 Å². The second-order valence-corrected chi connectivity index (χ2v) is 9.57. The van der Waals surface area contributed by atoms with E-state index in [1.54, 1.807) is 6.08 Å². The van der Waals surface area contributed by atoms with Crippen molar-refractivity contribution in [3.05, 3.63) is 59.4 Å². The topological polar surface area (TPSA) is 83.0 Å². The number of ether oxygens (including phenoxy) is 1. The van der Waals surface area contributed by atoms with Gasteiger partial charge in [0.25, 0.3) is 5.91 Å². The fraction of sp³-hybridized carbons (Fsp3) is 0.360. The minimum Gasteiger partial charge on any atom is -0.492 e. The molecule has 1 saturated carbocycles. The van der Waals surface area contributed by atoms with Gasteiger partial charge in [0.1, 0.15) is 17.4 Å². The number of aromatic nitrogens is 1. The third-order valence-corrected chi connectivity index (χ3v) is 7.27. The van der Waals surface area contributed by atoms with Crippen molar-refractivity contribution >= 4 is 39.8 Å². The number of carbonyl (C=O) groups is 1. The van der Waals surface area contributed by atoms with Crippen LogP contribution in [0.5, 0.6) is 5.75 Å². The number of aliphatic imine (C=N–C) groups is 1. The van der Waals surface area contributed by atoms with Crippen LogP contribution in [0.1, 0.15) is 43.4 Å². The van der Waals surface area contributed by atoms with Crippen LogP contribution in [-0.4, -0.2) is 38.1 Å². The molecule has 1 aromatic heterocycles. The summed E-state index contributed by atoms with van der Waals surface area (Å²) in [6, 6.07) is 11.8. The van der Waals surface area contributed by atoms with E-state index in [1.807, 2.05) is 54.1 Å². The van der Waals surface area contributed by atoms with Crippen LogP contribution in [0.25, 0.3) is 6.08 Å². The van der Waals surface area contributed by atoms with E-state index in [-0.39, 0.29) is 17.3 Å². The van der Waals surface area contributed by atoms with Crippen molar-refractivity contribution in [1.82, 2.24) is 9.58 Å². The van der Waals surface area contributed by atoms with Crippen LogP contribution in [-0.2, 0) is 11.3 Å². The highest BCUT2D eigenvalue weighted by molar-refractivity contribution is 8.27. The number of aryl methyl sites for hydroxylation is 1. The van der Waals surface area contributed by atoms with Crippen LogP contribution < -0.4 is 4.74 Å². The van der Waals surface area contributed by atoms with Gasteiger partial charge in [-0.2, -0.15) is 15.1 Å². The van der Waals surface area contributed by atoms with Gasteiger partial charge in [0.05, 0.1) is 12.1 Å². The Morgan fingerprint density at radius 2 is 1.97 bits per heavy atom. The van der Waals surface area contributed by atoms with Gasteiger partial charge in [-0.3, -0.25) is 10.2 Å². The Morgan fingerprint density at radius 1 is 1.18 bits per heavy atom. The number of nitrogens with zero attached hydrogens (tertiary/aromatic N) is 4. The molecule has 0 unspecified atom stereocenters. The van der Waals surface area contributed by atoms with Gasteiger partial charge in [-0.1, -0.05) is 37.0 Å². The summed E-state index contributed by atoms with van der Waals surface area (Å²) in [5, 5.41) is 16.3. The van der Waals surface area contributed by atoms with Crippen molar-refractivity contribution in [2.24, 2.45) is 16.0 Å². The first-order valence-electron chi connectivity index (χ1n) is 11.4. The summed E-state index contributed by atoms with van der Waals surface area (Å²) in [5.74, 6) is 0.949. The molecular weight excluding hydrogens is 434 g/mol. The number of rotatable bonds is 6. The van der Waals surface area contributed by atoms with Gasteiger partial charge in [-0.05, 0) is 61.9 Å². The summed E-state index contributed by atoms with van der Waals surface area (Å²) in [5.41, 5.74) is 2.28. The van der Waals surface area contributed by atoms with Crippen LogP contribution in [0.2, 0.25) is 0 Å². The van der Waals surface area contributed by atoms with Crippen LogP contribution in [0.15, 0.2) is 58.3 Å². The quantitative estimate of drug-likeness (QED) is 0.609. The minimum atomic E-state index is -0.387. The number of hydrogen-bond acceptors (Lipinski definition) is 5. The molecule has 0 bridgehead atoms. The normalized spacial score (nSPS) is 20.2. The summed E-state index contributed by atoms with van der Waals surface area (Å²) in [7, 11) is 0. The van der Waals surface area contributed by atoms with E-state index in [0.29, 0.717) is 24.2 Å². The molecular formula is C25H27N5O2S. The number of hydrogen-bond donors (Lipinski definition) is 1. The molecule has 2 aromatic rings. The molecule has 0 atom stereocenters. The van der Waals surface area contributed by atoms with Crippen molar-refractivity contribution in [2.75, 3.05) is 6.61 Å². The van der Waals surface area contributed by atoms with Gasteiger partial charge < -0.3 is 9.30 Å². The number of amides is 1. The van der Waals surface area contributed by atoms with E-state index >= 15 is 0 Å². The molecule has 1 aliphatic carbocycles. The maximum Gasteiger partial charge on any atom is 0.283 e. The van der Waals surface area contributed by atoms with Crippen molar-refractivity contribution in [3.8, 4) is 5.75 Å². The van der Waals surface area contributed by atoms with E-state index in [9.17, 15) is 4.79 Å². The van der Waals surface area contributed by atoms with Gasteiger partial charge >= 0.3 is 0 Å². The second kappa shape index (κ2) is 9.39. The fourth-order valence-electron chi connectivity index (χ4n) is 4.33. The standard InChI is InChI=1S/C25H27N5O2S/c1-17-9-11-20(12-10-17)32-15-14-29-13-5-8-19(29)16-21-22(26)30-25(27-23(21)31)33-24(28-30)18-6-3-2-4-7-18/h5,8-13,16,18,26H,2-4,6-7,14-15H2,1H3. The van der Waals surface area contributed by atoms with Crippen LogP contribution in [0, 0.1) is 18.3 Å². The molecule has 0 spiro atoms. The summed E-state index contributed by atoms with van der Waals surface area (Å²) in [6.07, 6.45) is 9.61.